The molecule has 0 fully saturated rings. The lowest BCUT2D eigenvalue weighted by Crippen LogP contribution is -1.94. The van der Waals surface area contributed by atoms with E-state index in [9.17, 15) is 0 Å². The molecule has 0 N–H and O–H groups in total. The fraction of sp³-hybridized carbons (Fsp3) is 0.0625. The van der Waals surface area contributed by atoms with E-state index in [0.717, 1.165) is 16.5 Å². The Kier molecular flexibility index (Phi) is 3.02. The highest BCUT2D eigenvalue weighted by molar-refractivity contribution is 5.79. The van der Waals surface area contributed by atoms with Crippen molar-refractivity contribution in [3.8, 4) is 17.7 Å². The minimum Gasteiger partial charge on any atom is -0.438 e. The molecule has 0 unspecified atom stereocenters. The molecular formula is C16H11N3O. The van der Waals surface area contributed by atoms with Crippen LogP contribution in [0.2, 0.25) is 0 Å². The zero-order valence-corrected chi connectivity index (χ0v) is 10.9. The maximum atomic E-state index is 9.17. The third-order valence-electron chi connectivity index (χ3n) is 3.03. The third kappa shape index (κ3) is 2.17. The Bertz CT molecular complexity index is 821. The summed E-state index contributed by atoms with van der Waals surface area (Å²) in [6.45, 7) is 1.86. The van der Waals surface area contributed by atoms with Crippen LogP contribution in [-0.4, -0.2) is 9.97 Å². The van der Waals surface area contributed by atoms with Crippen LogP contribution in [0.5, 0.6) is 11.6 Å². The van der Waals surface area contributed by atoms with Gasteiger partial charge in [-0.05, 0) is 36.8 Å². The first-order chi connectivity index (χ1) is 9.78. The van der Waals surface area contributed by atoms with Gasteiger partial charge < -0.3 is 4.74 Å². The highest BCUT2D eigenvalue weighted by Crippen LogP contribution is 2.26. The SMILES string of the molecule is Cc1ccnc(Oc2ccc3cccnc3c2)c1C#N. The maximum Gasteiger partial charge on any atom is 0.237 e. The highest BCUT2D eigenvalue weighted by Gasteiger charge is 2.09. The number of benzene rings is 1. The van der Waals surface area contributed by atoms with E-state index in [4.69, 9.17) is 10.00 Å². The molecule has 0 aliphatic carbocycles. The molecule has 2 heterocycles. The lowest BCUT2D eigenvalue weighted by Gasteiger charge is -2.08. The van der Waals surface area contributed by atoms with Gasteiger partial charge in [0.2, 0.25) is 5.88 Å². The first kappa shape index (κ1) is 12.1. The second-order valence-electron chi connectivity index (χ2n) is 4.38. The van der Waals surface area contributed by atoms with Gasteiger partial charge in [0.05, 0.1) is 5.52 Å². The number of rotatable bonds is 2. The van der Waals surface area contributed by atoms with Crippen LogP contribution >= 0.6 is 0 Å². The van der Waals surface area contributed by atoms with Gasteiger partial charge in [0.1, 0.15) is 17.4 Å². The van der Waals surface area contributed by atoms with E-state index in [-0.39, 0.29) is 0 Å². The number of hydrogen-bond acceptors (Lipinski definition) is 4. The van der Waals surface area contributed by atoms with Crippen LogP contribution in [0.4, 0.5) is 0 Å². The van der Waals surface area contributed by atoms with Crippen molar-refractivity contribution in [2.24, 2.45) is 0 Å². The molecule has 0 saturated carbocycles. The fourth-order valence-electron chi connectivity index (χ4n) is 1.97. The molecule has 3 rings (SSSR count). The molecule has 4 heteroatoms. The van der Waals surface area contributed by atoms with Gasteiger partial charge >= 0.3 is 0 Å². The van der Waals surface area contributed by atoms with Crippen molar-refractivity contribution in [3.05, 3.63) is 59.9 Å². The predicted molar refractivity (Wildman–Crippen MR) is 75.5 cm³/mol. The van der Waals surface area contributed by atoms with E-state index in [1.54, 1.807) is 18.5 Å². The zero-order valence-electron chi connectivity index (χ0n) is 10.9. The summed E-state index contributed by atoms with van der Waals surface area (Å²) in [6, 6.07) is 13.4. The van der Waals surface area contributed by atoms with Gasteiger partial charge in [0, 0.05) is 23.8 Å². The number of aryl methyl sites for hydroxylation is 1. The van der Waals surface area contributed by atoms with Crippen LogP contribution in [0, 0.1) is 18.3 Å². The first-order valence-corrected chi connectivity index (χ1v) is 6.16. The molecule has 0 radical (unpaired) electrons. The Hall–Kier alpha value is -2.93. The van der Waals surface area contributed by atoms with Crippen molar-refractivity contribution in [1.82, 2.24) is 9.97 Å². The Labute approximate surface area is 116 Å². The number of aromatic nitrogens is 2. The van der Waals surface area contributed by atoms with Crippen LogP contribution in [0.1, 0.15) is 11.1 Å². The van der Waals surface area contributed by atoms with Crippen molar-refractivity contribution in [2.45, 2.75) is 6.92 Å². The summed E-state index contributed by atoms with van der Waals surface area (Å²) >= 11 is 0. The maximum absolute atomic E-state index is 9.17. The van der Waals surface area contributed by atoms with Gasteiger partial charge in [0.15, 0.2) is 0 Å². The number of hydrogen-bond donors (Lipinski definition) is 0. The summed E-state index contributed by atoms with van der Waals surface area (Å²) in [6.07, 6.45) is 3.36. The molecule has 1 aromatic carbocycles. The van der Waals surface area contributed by atoms with Crippen LogP contribution in [0.15, 0.2) is 48.8 Å². The van der Waals surface area contributed by atoms with Gasteiger partial charge in [-0.1, -0.05) is 6.07 Å². The summed E-state index contributed by atoms with van der Waals surface area (Å²) in [5.41, 5.74) is 2.14. The molecule has 3 aromatic rings. The monoisotopic (exact) mass is 261 g/mol. The van der Waals surface area contributed by atoms with E-state index in [1.807, 2.05) is 37.3 Å². The topological polar surface area (TPSA) is 58.8 Å². The minimum absolute atomic E-state index is 0.322. The molecular weight excluding hydrogens is 250 g/mol. The highest BCUT2D eigenvalue weighted by atomic mass is 16.5. The predicted octanol–water partition coefficient (Wildman–Crippen LogP) is 3.60. The standard InChI is InChI=1S/C16H11N3O/c1-11-6-8-19-16(14(11)10-17)20-13-5-4-12-3-2-7-18-15(12)9-13/h2-9H,1H3. The lowest BCUT2D eigenvalue weighted by atomic mass is 10.2. The van der Waals surface area contributed by atoms with Gasteiger partial charge in [0.25, 0.3) is 0 Å². The molecule has 96 valence electrons. The molecule has 2 aromatic heterocycles. The second kappa shape index (κ2) is 4.98. The second-order valence-corrected chi connectivity index (χ2v) is 4.38. The van der Waals surface area contributed by atoms with Gasteiger partial charge in [-0.25, -0.2) is 4.98 Å². The Balaban J connectivity index is 2.02. The minimum atomic E-state index is 0.322. The molecule has 0 spiro atoms. The van der Waals surface area contributed by atoms with E-state index >= 15 is 0 Å². The fourth-order valence-corrected chi connectivity index (χ4v) is 1.97. The van der Waals surface area contributed by atoms with Gasteiger partial charge in [-0.2, -0.15) is 5.26 Å². The number of nitriles is 1. The Morgan fingerprint density at radius 1 is 1.10 bits per heavy atom. The van der Waals surface area contributed by atoms with Crippen molar-refractivity contribution in [3.63, 3.8) is 0 Å². The van der Waals surface area contributed by atoms with Gasteiger partial charge in [-0.3, -0.25) is 4.98 Å². The van der Waals surface area contributed by atoms with Crippen molar-refractivity contribution < 1.29 is 4.74 Å². The average Bonchev–Trinajstić information content (AvgIpc) is 2.47. The van der Waals surface area contributed by atoms with Crippen LogP contribution in [-0.2, 0) is 0 Å². The summed E-state index contributed by atoms with van der Waals surface area (Å²) in [7, 11) is 0. The van der Waals surface area contributed by atoms with E-state index in [2.05, 4.69) is 16.0 Å². The lowest BCUT2D eigenvalue weighted by molar-refractivity contribution is 0.461. The van der Waals surface area contributed by atoms with Crippen molar-refractivity contribution in [2.75, 3.05) is 0 Å². The zero-order chi connectivity index (χ0) is 13.9. The molecule has 0 amide bonds. The smallest absolute Gasteiger partial charge is 0.237 e. The molecule has 4 nitrogen and oxygen atoms in total. The van der Waals surface area contributed by atoms with E-state index in [1.165, 1.54) is 0 Å². The molecule has 0 bridgehead atoms. The summed E-state index contributed by atoms with van der Waals surface area (Å²) in [5, 5.41) is 10.2. The van der Waals surface area contributed by atoms with Crippen LogP contribution in [0.3, 0.4) is 0 Å². The number of ether oxygens (including phenoxy) is 1. The molecule has 0 aliphatic rings. The Morgan fingerprint density at radius 2 is 2.00 bits per heavy atom. The van der Waals surface area contributed by atoms with Crippen LogP contribution in [0.25, 0.3) is 10.9 Å². The summed E-state index contributed by atoms with van der Waals surface area (Å²) < 4.78 is 5.72. The number of pyridine rings is 2. The average molecular weight is 261 g/mol. The Morgan fingerprint density at radius 3 is 2.85 bits per heavy atom. The molecule has 20 heavy (non-hydrogen) atoms. The number of fused-ring (bicyclic) bond motifs is 1. The van der Waals surface area contributed by atoms with Gasteiger partial charge in [-0.15, -0.1) is 0 Å². The summed E-state index contributed by atoms with van der Waals surface area (Å²) in [4.78, 5) is 8.40. The third-order valence-corrected chi connectivity index (χ3v) is 3.03. The normalized spacial score (nSPS) is 10.2. The molecule has 0 aliphatic heterocycles. The molecule has 0 atom stereocenters. The van der Waals surface area contributed by atoms with Crippen molar-refractivity contribution in [1.29, 1.82) is 5.26 Å². The number of nitrogens with zero attached hydrogens (tertiary/aromatic N) is 3. The van der Waals surface area contributed by atoms with E-state index in [0.29, 0.717) is 17.2 Å². The van der Waals surface area contributed by atoms with Crippen LogP contribution < -0.4 is 4.74 Å². The quantitative estimate of drug-likeness (QED) is 0.707. The summed E-state index contributed by atoms with van der Waals surface area (Å²) in [5.74, 6) is 0.939. The molecule has 0 saturated heterocycles. The van der Waals surface area contributed by atoms with E-state index < -0.39 is 0 Å². The largest absolute Gasteiger partial charge is 0.438 e. The first-order valence-electron chi connectivity index (χ1n) is 6.16. The van der Waals surface area contributed by atoms with Crippen molar-refractivity contribution >= 4 is 10.9 Å².